The lowest BCUT2D eigenvalue weighted by molar-refractivity contribution is -0.149. The van der Waals surface area contributed by atoms with Gasteiger partial charge in [0, 0.05) is 12.8 Å². The van der Waals surface area contributed by atoms with Gasteiger partial charge in [0.1, 0.15) is 18.3 Å². The highest BCUT2D eigenvalue weighted by molar-refractivity contribution is 5.67. The molecule has 0 aromatic carbocycles. The number of rotatable bonds is 5. The fourth-order valence-electron chi connectivity index (χ4n) is 1.31. The molecule has 4 atom stereocenters. The molecule has 14 heavy (non-hydrogen) atoms. The largest absolute Gasteiger partial charge is 0.459 e. The summed E-state index contributed by atoms with van der Waals surface area (Å²) in [7, 11) is 0. The molecule has 0 N–H and O–H groups in total. The Hall–Kier alpha value is -1.16. The van der Waals surface area contributed by atoms with Gasteiger partial charge in [-0.25, -0.2) is 0 Å². The molecule has 0 aromatic heterocycles. The van der Waals surface area contributed by atoms with E-state index in [0.29, 0.717) is 0 Å². The fraction of sp³-hybridized carbons (Fsp3) is 0.600. The van der Waals surface area contributed by atoms with Crippen LogP contribution in [0.1, 0.15) is 13.8 Å². The first-order chi connectivity index (χ1) is 6.60. The molecule has 0 saturated carbocycles. The third-order valence-electron chi connectivity index (χ3n) is 2.21. The summed E-state index contributed by atoms with van der Waals surface area (Å²) in [6.07, 6.45) is 1.26. The molecule has 0 aliphatic carbocycles. The van der Waals surface area contributed by atoms with E-state index in [-0.39, 0.29) is 18.0 Å². The predicted octanol–water partition coefficient (Wildman–Crippen LogP) is 0.706. The van der Waals surface area contributed by atoms with E-state index in [1.807, 2.05) is 6.92 Å². The van der Waals surface area contributed by atoms with Crippen LogP contribution in [0.4, 0.5) is 0 Å². The lowest BCUT2D eigenvalue weighted by atomic mass is 10.0. The molecular weight excluding hydrogens is 184 g/mol. The minimum Gasteiger partial charge on any atom is -0.459 e. The van der Waals surface area contributed by atoms with Gasteiger partial charge in [0.2, 0.25) is 0 Å². The molecule has 0 bridgehead atoms. The summed E-state index contributed by atoms with van der Waals surface area (Å²) in [6, 6.07) is 0. The van der Waals surface area contributed by atoms with E-state index in [2.05, 4.69) is 6.58 Å². The molecule has 0 spiro atoms. The van der Waals surface area contributed by atoms with Crippen LogP contribution in [0.5, 0.6) is 0 Å². The third kappa shape index (κ3) is 2.42. The van der Waals surface area contributed by atoms with Crippen LogP contribution in [-0.4, -0.2) is 30.6 Å². The number of esters is 1. The van der Waals surface area contributed by atoms with Gasteiger partial charge < -0.3 is 14.3 Å². The molecule has 1 aliphatic heterocycles. The molecule has 0 amide bonds. The number of hydrogen-bond donors (Lipinski definition) is 0. The summed E-state index contributed by atoms with van der Waals surface area (Å²) in [5, 5.41) is 0. The molecule has 1 aliphatic rings. The van der Waals surface area contributed by atoms with Crippen molar-refractivity contribution in [2.24, 2.45) is 5.92 Å². The van der Waals surface area contributed by atoms with Crippen LogP contribution in [0.25, 0.3) is 0 Å². The Labute approximate surface area is 82.9 Å². The van der Waals surface area contributed by atoms with E-state index in [1.54, 1.807) is 6.08 Å². The number of ether oxygens (including phenoxy) is 2. The quantitative estimate of drug-likeness (QED) is 0.282. The second-order valence-corrected chi connectivity index (χ2v) is 3.37. The molecule has 4 nitrogen and oxygen atoms in total. The predicted molar refractivity (Wildman–Crippen MR) is 49.6 cm³/mol. The van der Waals surface area contributed by atoms with Gasteiger partial charge in [0.15, 0.2) is 6.29 Å². The van der Waals surface area contributed by atoms with E-state index in [1.165, 1.54) is 6.92 Å². The van der Waals surface area contributed by atoms with Crippen LogP contribution in [0, 0.1) is 5.92 Å². The Bertz CT molecular complexity index is 249. The first kappa shape index (κ1) is 10.9. The molecule has 78 valence electrons. The van der Waals surface area contributed by atoms with Crippen LogP contribution in [-0.2, 0) is 19.1 Å². The van der Waals surface area contributed by atoms with E-state index in [4.69, 9.17) is 9.47 Å². The van der Waals surface area contributed by atoms with Crippen molar-refractivity contribution in [2.75, 3.05) is 0 Å². The average Bonchev–Trinajstić information content (AvgIpc) is 2.91. The average molecular weight is 198 g/mol. The van der Waals surface area contributed by atoms with Gasteiger partial charge in [-0.2, -0.15) is 0 Å². The van der Waals surface area contributed by atoms with Gasteiger partial charge in [0.05, 0.1) is 0 Å². The van der Waals surface area contributed by atoms with Gasteiger partial charge in [0.25, 0.3) is 0 Å². The van der Waals surface area contributed by atoms with Crippen LogP contribution in [0.2, 0.25) is 0 Å². The molecular formula is C10H14O4. The zero-order valence-corrected chi connectivity index (χ0v) is 8.30. The van der Waals surface area contributed by atoms with Crippen molar-refractivity contribution in [2.45, 2.75) is 32.2 Å². The molecule has 1 rings (SSSR count). The summed E-state index contributed by atoms with van der Waals surface area (Å²) in [6.45, 7) is 6.81. The maximum atomic E-state index is 10.8. The van der Waals surface area contributed by atoms with Crippen molar-refractivity contribution in [3.63, 3.8) is 0 Å². The lowest BCUT2D eigenvalue weighted by Gasteiger charge is -2.18. The van der Waals surface area contributed by atoms with E-state index in [0.717, 1.165) is 6.29 Å². The minimum absolute atomic E-state index is 0.0196. The Balaban J connectivity index is 2.58. The van der Waals surface area contributed by atoms with Crippen molar-refractivity contribution in [3.05, 3.63) is 12.7 Å². The van der Waals surface area contributed by atoms with Crippen molar-refractivity contribution in [3.8, 4) is 0 Å². The fourth-order valence-corrected chi connectivity index (χ4v) is 1.31. The maximum absolute atomic E-state index is 10.8. The monoisotopic (exact) mass is 198 g/mol. The van der Waals surface area contributed by atoms with E-state index < -0.39 is 12.2 Å². The topological polar surface area (TPSA) is 55.9 Å². The molecule has 1 heterocycles. The van der Waals surface area contributed by atoms with Crippen LogP contribution in [0.15, 0.2) is 12.7 Å². The smallest absolute Gasteiger partial charge is 0.303 e. The highest BCUT2D eigenvalue weighted by atomic mass is 16.6. The van der Waals surface area contributed by atoms with Crippen LogP contribution < -0.4 is 0 Å². The molecule has 1 fully saturated rings. The summed E-state index contributed by atoms with van der Waals surface area (Å²) in [5.41, 5.74) is 0. The molecule has 0 unspecified atom stereocenters. The van der Waals surface area contributed by atoms with Crippen molar-refractivity contribution >= 4 is 12.3 Å². The first-order valence-corrected chi connectivity index (χ1v) is 4.50. The van der Waals surface area contributed by atoms with Gasteiger partial charge in [-0.05, 0) is 0 Å². The summed E-state index contributed by atoms with van der Waals surface area (Å²) >= 11 is 0. The van der Waals surface area contributed by atoms with Gasteiger partial charge in [-0.15, -0.1) is 6.58 Å². The third-order valence-corrected chi connectivity index (χ3v) is 2.21. The Morgan fingerprint density at radius 2 is 2.29 bits per heavy atom. The molecule has 1 saturated heterocycles. The van der Waals surface area contributed by atoms with Crippen molar-refractivity contribution in [1.29, 1.82) is 0 Å². The summed E-state index contributed by atoms with van der Waals surface area (Å²) < 4.78 is 10.1. The highest BCUT2D eigenvalue weighted by Crippen LogP contribution is 2.30. The second-order valence-electron chi connectivity index (χ2n) is 3.37. The second kappa shape index (κ2) is 4.37. The van der Waals surface area contributed by atoms with Gasteiger partial charge in [-0.3, -0.25) is 4.79 Å². The zero-order chi connectivity index (χ0) is 10.7. The van der Waals surface area contributed by atoms with Crippen molar-refractivity contribution < 1.29 is 19.1 Å². The van der Waals surface area contributed by atoms with Gasteiger partial charge in [-0.1, -0.05) is 13.0 Å². The molecule has 0 radical (unpaired) electrons. The lowest BCUT2D eigenvalue weighted by Crippen LogP contribution is -2.30. The summed E-state index contributed by atoms with van der Waals surface area (Å²) in [5.74, 6) is -0.391. The normalized spacial score (nSPS) is 28.7. The molecule has 4 heteroatoms. The van der Waals surface area contributed by atoms with Gasteiger partial charge >= 0.3 is 5.97 Å². The highest BCUT2D eigenvalue weighted by Gasteiger charge is 2.48. The Morgan fingerprint density at radius 1 is 1.64 bits per heavy atom. The zero-order valence-electron chi connectivity index (χ0n) is 8.30. The number of carbonyl (C=O) groups excluding carboxylic acids is 2. The van der Waals surface area contributed by atoms with E-state index >= 15 is 0 Å². The summed E-state index contributed by atoms with van der Waals surface area (Å²) in [4.78, 5) is 21.2. The number of carbonyl (C=O) groups is 2. The Morgan fingerprint density at radius 3 is 2.64 bits per heavy atom. The van der Waals surface area contributed by atoms with Crippen molar-refractivity contribution in [1.82, 2.24) is 0 Å². The molecule has 0 aromatic rings. The first-order valence-electron chi connectivity index (χ1n) is 4.50. The minimum atomic E-state index is -0.429. The van der Waals surface area contributed by atoms with E-state index in [9.17, 15) is 9.59 Å². The SMILES string of the molecule is C=C[C@@H](C)[C@@H](OC(C)=O)[C@@H]1O[C@H]1C=O. The van der Waals surface area contributed by atoms with Crippen LogP contribution in [0.3, 0.4) is 0 Å². The number of aldehydes is 1. The number of epoxide rings is 1. The number of hydrogen-bond acceptors (Lipinski definition) is 4. The van der Waals surface area contributed by atoms with Crippen LogP contribution >= 0.6 is 0 Å². The maximum Gasteiger partial charge on any atom is 0.303 e. The Kier molecular flexibility index (Phi) is 3.41. The standard InChI is InChI=1S/C10H14O4/c1-4-6(2)9(13-7(3)12)10-8(5-11)14-10/h4-6,8-10H,1H2,2-3H3/t6-,8+,9-,10-/m1/s1.